The second-order valence-electron chi connectivity index (χ2n) is 6.17. The van der Waals surface area contributed by atoms with Crippen LogP contribution in [0, 0.1) is 0 Å². The van der Waals surface area contributed by atoms with Crippen molar-refractivity contribution in [2.75, 3.05) is 46.0 Å². The molecule has 106 valence electrons. The first-order chi connectivity index (χ1) is 8.75. The highest BCUT2D eigenvalue weighted by atomic mass is 32.2. The third-order valence-corrected chi connectivity index (χ3v) is 5.60. The van der Waals surface area contributed by atoms with Crippen molar-refractivity contribution < 1.29 is 10.2 Å². The lowest BCUT2D eigenvalue weighted by atomic mass is 10.1. The van der Waals surface area contributed by atoms with Crippen molar-refractivity contribution in [3.05, 3.63) is 0 Å². The molecule has 0 amide bonds. The second-order valence-corrected chi connectivity index (χ2v) is 7.58. The summed E-state index contributed by atoms with van der Waals surface area (Å²) in [6.45, 7) is 5.23. The van der Waals surface area contributed by atoms with Gasteiger partial charge in [0.2, 0.25) is 0 Å². The van der Waals surface area contributed by atoms with E-state index in [1.54, 1.807) is 4.90 Å². The number of hydrogen-bond donors (Lipinski definition) is 2. The smallest absolute Gasteiger partial charge is 0.142 e. The standard InChI is InChI=1S/C14H29N3S/c1-16(2)9-10-17(12-13-6-5-11-18-13)14-7-3-4-8-15-14/h13-15H,3-12H2,1-2H3/p+2. The molecule has 2 saturated heterocycles. The fourth-order valence-electron chi connectivity index (χ4n) is 3.07. The molecule has 2 atom stereocenters. The first-order valence-electron chi connectivity index (χ1n) is 7.73. The molecule has 2 rings (SSSR count). The molecule has 0 radical (unpaired) electrons. The van der Waals surface area contributed by atoms with Gasteiger partial charge in [0, 0.05) is 18.2 Å². The highest BCUT2D eigenvalue weighted by molar-refractivity contribution is 8.00. The van der Waals surface area contributed by atoms with Crippen molar-refractivity contribution in [3.63, 3.8) is 0 Å². The summed E-state index contributed by atoms with van der Waals surface area (Å²) in [6.07, 6.45) is 7.92. The van der Waals surface area contributed by atoms with Gasteiger partial charge < -0.3 is 10.2 Å². The summed E-state index contributed by atoms with van der Waals surface area (Å²) in [5, 5.41) is 3.51. The van der Waals surface area contributed by atoms with E-state index in [0.29, 0.717) is 0 Å². The van der Waals surface area contributed by atoms with Crippen molar-refractivity contribution in [2.45, 2.75) is 43.5 Å². The van der Waals surface area contributed by atoms with Gasteiger partial charge in [0.25, 0.3) is 0 Å². The first-order valence-corrected chi connectivity index (χ1v) is 8.78. The SMILES string of the molecule is C[NH+](C)CCN(CC1CCCS1)C1CCCC[NH2+]1. The predicted molar refractivity (Wildman–Crippen MR) is 79.2 cm³/mol. The minimum Gasteiger partial charge on any atom is -0.339 e. The molecule has 0 aromatic heterocycles. The average molecular weight is 273 g/mol. The monoisotopic (exact) mass is 273 g/mol. The van der Waals surface area contributed by atoms with Crippen LogP contribution in [0.3, 0.4) is 0 Å². The molecule has 0 aromatic carbocycles. The van der Waals surface area contributed by atoms with Crippen LogP contribution >= 0.6 is 11.8 Å². The summed E-state index contributed by atoms with van der Waals surface area (Å²) in [5.74, 6) is 1.39. The van der Waals surface area contributed by atoms with Gasteiger partial charge in [-0.1, -0.05) is 0 Å². The van der Waals surface area contributed by atoms with E-state index in [4.69, 9.17) is 0 Å². The number of piperidine rings is 1. The van der Waals surface area contributed by atoms with Crippen molar-refractivity contribution >= 4 is 11.8 Å². The maximum absolute atomic E-state index is 2.79. The molecule has 2 unspecified atom stereocenters. The summed E-state index contributed by atoms with van der Waals surface area (Å²) in [4.78, 5) is 4.37. The van der Waals surface area contributed by atoms with E-state index in [1.807, 2.05) is 0 Å². The summed E-state index contributed by atoms with van der Waals surface area (Å²) >= 11 is 2.21. The van der Waals surface area contributed by atoms with E-state index in [0.717, 1.165) is 11.4 Å². The van der Waals surface area contributed by atoms with Gasteiger partial charge in [0.15, 0.2) is 0 Å². The van der Waals surface area contributed by atoms with Crippen LogP contribution in [0.1, 0.15) is 32.1 Å². The van der Waals surface area contributed by atoms with Gasteiger partial charge in [-0.2, -0.15) is 11.8 Å². The summed E-state index contributed by atoms with van der Waals surface area (Å²) in [7, 11) is 4.54. The Hall–Kier alpha value is 0.230. The summed E-state index contributed by atoms with van der Waals surface area (Å²) in [6, 6.07) is 0. The Balaban J connectivity index is 1.83. The molecule has 2 aliphatic heterocycles. The van der Waals surface area contributed by atoms with Crippen molar-refractivity contribution in [3.8, 4) is 0 Å². The molecule has 0 bridgehead atoms. The van der Waals surface area contributed by atoms with E-state index < -0.39 is 0 Å². The van der Waals surface area contributed by atoms with Gasteiger partial charge >= 0.3 is 0 Å². The lowest BCUT2D eigenvalue weighted by molar-refractivity contribution is -0.858. The maximum Gasteiger partial charge on any atom is 0.142 e. The van der Waals surface area contributed by atoms with Crippen LogP contribution in [0.2, 0.25) is 0 Å². The molecule has 3 N–H and O–H groups in total. The lowest BCUT2D eigenvalue weighted by Gasteiger charge is -2.33. The topological polar surface area (TPSA) is 24.3 Å². The zero-order valence-corrected chi connectivity index (χ0v) is 13.0. The number of nitrogens with two attached hydrogens (primary N) is 1. The molecule has 18 heavy (non-hydrogen) atoms. The Morgan fingerprint density at radius 2 is 2.11 bits per heavy atom. The molecular formula is C14H31N3S+2. The van der Waals surface area contributed by atoms with E-state index >= 15 is 0 Å². The Morgan fingerprint density at radius 3 is 2.72 bits per heavy atom. The quantitative estimate of drug-likeness (QED) is 0.676. The molecule has 2 fully saturated rings. The Labute approximate surface area is 117 Å². The van der Waals surface area contributed by atoms with E-state index in [-0.39, 0.29) is 0 Å². The molecule has 3 nitrogen and oxygen atoms in total. The molecular weight excluding hydrogens is 242 g/mol. The maximum atomic E-state index is 2.79. The Kier molecular flexibility index (Phi) is 6.29. The molecule has 0 spiro atoms. The number of quaternary nitrogens is 2. The first kappa shape index (κ1) is 14.6. The predicted octanol–water partition coefficient (Wildman–Crippen LogP) is -0.598. The Bertz CT molecular complexity index is 223. The van der Waals surface area contributed by atoms with Crippen molar-refractivity contribution in [1.29, 1.82) is 0 Å². The third kappa shape index (κ3) is 4.72. The second kappa shape index (κ2) is 7.73. The van der Waals surface area contributed by atoms with Gasteiger partial charge in [-0.05, 0) is 31.4 Å². The fraction of sp³-hybridized carbons (Fsp3) is 1.00. The van der Waals surface area contributed by atoms with Gasteiger partial charge in [-0.25, -0.2) is 4.90 Å². The number of hydrogen-bond acceptors (Lipinski definition) is 2. The van der Waals surface area contributed by atoms with Gasteiger partial charge in [-0.15, -0.1) is 0 Å². The molecule has 4 heteroatoms. The average Bonchev–Trinajstić information content (AvgIpc) is 2.88. The largest absolute Gasteiger partial charge is 0.339 e. The van der Waals surface area contributed by atoms with E-state index in [9.17, 15) is 0 Å². The van der Waals surface area contributed by atoms with Crippen LogP contribution in [0.4, 0.5) is 0 Å². The lowest BCUT2D eigenvalue weighted by Crippen LogP contribution is -3.07. The highest BCUT2D eigenvalue weighted by Gasteiger charge is 2.28. The minimum atomic E-state index is 0.777. The van der Waals surface area contributed by atoms with E-state index in [1.165, 1.54) is 64.0 Å². The van der Waals surface area contributed by atoms with Crippen LogP contribution in [-0.2, 0) is 0 Å². The highest BCUT2D eigenvalue weighted by Crippen LogP contribution is 2.27. The van der Waals surface area contributed by atoms with Crippen LogP contribution < -0.4 is 10.2 Å². The molecule has 0 aliphatic carbocycles. The number of thioether (sulfide) groups is 1. The van der Waals surface area contributed by atoms with Gasteiger partial charge in [0.1, 0.15) is 6.17 Å². The number of nitrogens with zero attached hydrogens (tertiary/aromatic N) is 1. The number of likely N-dealkylation sites (N-methyl/N-ethyl adjacent to an activating group) is 1. The van der Waals surface area contributed by atoms with E-state index in [2.05, 4.69) is 36.1 Å². The third-order valence-electron chi connectivity index (χ3n) is 4.22. The zero-order valence-electron chi connectivity index (χ0n) is 12.2. The van der Waals surface area contributed by atoms with Crippen LogP contribution in [0.15, 0.2) is 0 Å². The molecule has 0 saturated carbocycles. The van der Waals surface area contributed by atoms with Crippen LogP contribution in [0.5, 0.6) is 0 Å². The number of rotatable bonds is 6. The normalized spacial score (nSPS) is 29.3. The van der Waals surface area contributed by atoms with Crippen LogP contribution in [-0.4, -0.2) is 62.3 Å². The number of nitrogens with one attached hydrogen (secondary N) is 1. The summed E-state index contributed by atoms with van der Waals surface area (Å²) < 4.78 is 0. The van der Waals surface area contributed by atoms with Gasteiger partial charge in [-0.3, -0.25) is 0 Å². The Morgan fingerprint density at radius 1 is 1.22 bits per heavy atom. The zero-order chi connectivity index (χ0) is 12.8. The molecule has 2 heterocycles. The van der Waals surface area contributed by atoms with Crippen molar-refractivity contribution in [1.82, 2.24) is 4.90 Å². The minimum absolute atomic E-state index is 0.777. The van der Waals surface area contributed by atoms with Crippen LogP contribution in [0.25, 0.3) is 0 Å². The summed E-state index contributed by atoms with van der Waals surface area (Å²) in [5.41, 5.74) is 0. The van der Waals surface area contributed by atoms with Gasteiger partial charge in [0.05, 0.1) is 33.7 Å². The van der Waals surface area contributed by atoms with Crippen molar-refractivity contribution in [2.24, 2.45) is 0 Å². The molecule has 0 aromatic rings. The molecule has 2 aliphatic rings. The fourth-order valence-corrected chi connectivity index (χ4v) is 4.36.